The van der Waals surface area contributed by atoms with E-state index in [4.69, 9.17) is 0 Å². The number of anilines is 1. The molecule has 2 rings (SSSR count). The molecular weight excluding hydrogens is 352 g/mol. The van der Waals surface area contributed by atoms with Crippen LogP contribution in [0, 0.1) is 5.92 Å². The van der Waals surface area contributed by atoms with E-state index in [-0.39, 0.29) is 17.7 Å². The largest absolute Gasteiger partial charge is 0.339 e. The zero-order valence-corrected chi connectivity index (χ0v) is 15.5. The molecule has 2 amide bonds. The van der Waals surface area contributed by atoms with Crippen LogP contribution in [0.25, 0.3) is 0 Å². The summed E-state index contributed by atoms with van der Waals surface area (Å²) in [6, 6.07) is 2.91. The fraction of sp³-hybridized carbons (Fsp3) is 0.429. The summed E-state index contributed by atoms with van der Waals surface area (Å²) in [5, 5.41) is 15.7. The monoisotopic (exact) mass is 370 g/mol. The zero-order chi connectivity index (χ0) is 16.8. The van der Waals surface area contributed by atoms with Gasteiger partial charge in [-0.15, -0.1) is 21.5 Å². The second-order valence-electron chi connectivity index (χ2n) is 4.97. The Bertz CT molecular complexity index is 655. The summed E-state index contributed by atoms with van der Waals surface area (Å²) in [5.41, 5.74) is 0. The summed E-state index contributed by atoms with van der Waals surface area (Å²) in [5.74, 6) is 0.326. The molecule has 0 aliphatic carbocycles. The fourth-order valence-corrected chi connectivity index (χ4v) is 4.06. The Morgan fingerprint density at radius 2 is 2.13 bits per heavy atom. The van der Waals surface area contributed by atoms with Gasteiger partial charge >= 0.3 is 0 Å². The maximum atomic E-state index is 12.4. The molecule has 0 aliphatic heterocycles. The van der Waals surface area contributed by atoms with E-state index >= 15 is 0 Å². The number of thiophene rings is 1. The first-order valence-corrected chi connectivity index (χ1v) is 9.81. The van der Waals surface area contributed by atoms with Crippen LogP contribution < -0.4 is 10.6 Å². The van der Waals surface area contributed by atoms with Crippen molar-refractivity contribution < 1.29 is 9.59 Å². The predicted molar refractivity (Wildman–Crippen MR) is 95.3 cm³/mol. The lowest BCUT2D eigenvalue weighted by molar-refractivity contribution is -0.118. The van der Waals surface area contributed by atoms with Gasteiger partial charge in [0.2, 0.25) is 11.0 Å². The van der Waals surface area contributed by atoms with Crippen molar-refractivity contribution in [3.63, 3.8) is 0 Å². The van der Waals surface area contributed by atoms with Crippen LogP contribution in [0.4, 0.5) is 5.13 Å². The first kappa shape index (κ1) is 17.9. The molecule has 0 saturated heterocycles. The van der Waals surface area contributed by atoms with Crippen molar-refractivity contribution in [2.75, 3.05) is 11.1 Å². The van der Waals surface area contributed by atoms with Crippen molar-refractivity contribution in [2.24, 2.45) is 5.92 Å². The average molecular weight is 371 g/mol. The average Bonchev–Trinajstić information content (AvgIpc) is 3.16. The Morgan fingerprint density at radius 3 is 2.74 bits per heavy atom. The van der Waals surface area contributed by atoms with Crippen molar-refractivity contribution in [3.05, 3.63) is 22.4 Å². The number of rotatable bonds is 7. The molecule has 2 N–H and O–H groups in total. The second kappa shape index (κ2) is 8.42. The molecule has 0 radical (unpaired) electrons. The number of aromatic nitrogens is 2. The van der Waals surface area contributed by atoms with Crippen LogP contribution >= 0.6 is 34.4 Å². The highest BCUT2D eigenvalue weighted by atomic mass is 32.2. The van der Waals surface area contributed by atoms with Gasteiger partial charge < -0.3 is 5.32 Å². The molecule has 2 aromatic rings. The van der Waals surface area contributed by atoms with E-state index in [2.05, 4.69) is 20.8 Å². The summed E-state index contributed by atoms with van der Waals surface area (Å²) in [7, 11) is 0. The molecule has 2 aromatic heterocycles. The van der Waals surface area contributed by atoms with Crippen molar-refractivity contribution in [1.82, 2.24) is 15.5 Å². The number of nitrogens with one attached hydrogen (secondary N) is 2. The first-order chi connectivity index (χ1) is 11.0. The van der Waals surface area contributed by atoms with E-state index in [1.807, 2.05) is 26.2 Å². The zero-order valence-electron chi connectivity index (χ0n) is 13.0. The van der Waals surface area contributed by atoms with Gasteiger partial charge in [0.25, 0.3) is 5.91 Å². The van der Waals surface area contributed by atoms with Crippen LogP contribution in [0.15, 0.2) is 21.9 Å². The third kappa shape index (κ3) is 5.02. The van der Waals surface area contributed by atoms with Gasteiger partial charge in [-0.25, -0.2) is 0 Å². The highest BCUT2D eigenvalue weighted by molar-refractivity contribution is 8.01. The standard InChI is InChI=1S/C14H18N4O2S3/c1-4-21-14-18-17-13(23-14)16-12(20)10(8(2)3)15-11(19)9-6-5-7-22-9/h5-8,10H,4H2,1-3H3,(H,15,19)(H,16,17,20)/t10-/m0/s1. The number of amides is 2. The summed E-state index contributed by atoms with van der Waals surface area (Å²) in [6.07, 6.45) is 0. The molecule has 6 nitrogen and oxygen atoms in total. The van der Waals surface area contributed by atoms with Crippen molar-refractivity contribution >= 4 is 51.4 Å². The molecule has 0 saturated carbocycles. The van der Waals surface area contributed by atoms with Gasteiger partial charge in [-0.1, -0.05) is 49.9 Å². The minimum absolute atomic E-state index is 0.0451. The maximum absolute atomic E-state index is 12.4. The number of carbonyl (C=O) groups excluding carboxylic acids is 2. The Morgan fingerprint density at radius 1 is 1.35 bits per heavy atom. The highest BCUT2D eigenvalue weighted by Crippen LogP contribution is 2.25. The molecule has 1 atom stereocenters. The first-order valence-electron chi connectivity index (χ1n) is 7.12. The normalized spacial score (nSPS) is 12.2. The SMILES string of the molecule is CCSc1nnc(NC(=O)[C@@H](NC(=O)c2cccs2)C(C)C)s1. The summed E-state index contributed by atoms with van der Waals surface area (Å²) in [6.45, 7) is 5.80. The van der Waals surface area contributed by atoms with Crippen LogP contribution in [0.3, 0.4) is 0 Å². The highest BCUT2D eigenvalue weighted by Gasteiger charge is 2.26. The van der Waals surface area contributed by atoms with Gasteiger partial charge in [-0.05, 0) is 23.1 Å². The second-order valence-corrected chi connectivity index (χ2v) is 8.40. The molecule has 0 aromatic carbocycles. The van der Waals surface area contributed by atoms with Crippen LogP contribution in [-0.4, -0.2) is 33.8 Å². The summed E-state index contributed by atoms with van der Waals surface area (Å²) in [4.78, 5) is 25.2. The van der Waals surface area contributed by atoms with Crippen molar-refractivity contribution in [1.29, 1.82) is 0 Å². The van der Waals surface area contributed by atoms with E-state index in [0.29, 0.717) is 10.0 Å². The van der Waals surface area contributed by atoms with Gasteiger partial charge in [0.15, 0.2) is 4.34 Å². The molecule has 0 fully saturated rings. The quantitative estimate of drug-likeness (QED) is 0.578. The molecule has 0 unspecified atom stereocenters. The Kier molecular flexibility index (Phi) is 6.55. The Balaban J connectivity index is 2.01. The molecule has 0 spiro atoms. The molecule has 0 aliphatic rings. The van der Waals surface area contributed by atoms with Crippen molar-refractivity contribution in [2.45, 2.75) is 31.2 Å². The maximum Gasteiger partial charge on any atom is 0.262 e. The predicted octanol–water partition coefficient (Wildman–Crippen LogP) is 3.10. The minimum atomic E-state index is -0.629. The van der Waals surface area contributed by atoms with Gasteiger partial charge in [0, 0.05) is 0 Å². The molecule has 23 heavy (non-hydrogen) atoms. The number of hydrogen-bond donors (Lipinski definition) is 2. The Labute approximate surface area is 147 Å². The smallest absolute Gasteiger partial charge is 0.262 e. The van der Waals surface area contributed by atoms with E-state index in [1.165, 1.54) is 22.7 Å². The van der Waals surface area contributed by atoms with E-state index in [9.17, 15) is 9.59 Å². The van der Waals surface area contributed by atoms with E-state index in [1.54, 1.807) is 23.9 Å². The van der Waals surface area contributed by atoms with Crippen LogP contribution in [0.5, 0.6) is 0 Å². The number of thioether (sulfide) groups is 1. The van der Waals surface area contributed by atoms with Gasteiger partial charge in [-0.3, -0.25) is 14.9 Å². The molecule has 0 bridgehead atoms. The third-order valence-corrected chi connectivity index (χ3v) is 5.61. The van der Waals surface area contributed by atoms with Gasteiger partial charge in [0.05, 0.1) is 4.88 Å². The van der Waals surface area contributed by atoms with Crippen LogP contribution in [-0.2, 0) is 4.79 Å². The van der Waals surface area contributed by atoms with Gasteiger partial charge in [0.1, 0.15) is 6.04 Å². The van der Waals surface area contributed by atoms with Crippen LogP contribution in [0.2, 0.25) is 0 Å². The van der Waals surface area contributed by atoms with Crippen molar-refractivity contribution in [3.8, 4) is 0 Å². The number of carbonyl (C=O) groups is 2. The van der Waals surface area contributed by atoms with E-state index < -0.39 is 6.04 Å². The molecule has 2 heterocycles. The van der Waals surface area contributed by atoms with E-state index in [0.717, 1.165) is 10.1 Å². The number of hydrogen-bond acceptors (Lipinski definition) is 7. The number of nitrogens with zero attached hydrogens (tertiary/aromatic N) is 2. The molecule has 124 valence electrons. The lowest BCUT2D eigenvalue weighted by Gasteiger charge is -2.20. The lowest BCUT2D eigenvalue weighted by Crippen LogP contribution is -2.46. The summed E-state index contributed by atoms with van der Waals surface area (Å²) >= 11 is 4.24. The van der Waals surface area contributed by atoms with Crippen LogP contribution in [0.1, 0.15) is 30.4 Å². The summed E-state index contributed by atoms with van der Waals surface area (Å²) < 4.78 is 0.812. The molecular formula is C14H18N4O2S3. The lowest BCUT2D eigenvalue weighted by atomic mass is 10.0. The Hall–Kier alpha value is -1.45. The fourth-order valence-electron chi connectivity index (χ4n) is 1.78. The minimum Gasteiger partial charge on any atom is -0.339 e. The van der Waals surface area contributed by atoms with Gasteiger partial charge in [-0.2, -0.15) is 0 Å². The third-order valence-electron chi connectivity index (χ3n) is 2.89. The molecule has 9 heteroatoms. The topological polar surface area (TPSA) is 84.0 Å².